The van der Waals surface area contributed by atoms with Crippen LogP contribution in [0.2, 0.25) is 5.02 Å². The Labute approximate surface area is 154 Å². The number of carbonyl (C=O) groups is 1. The highest BCUT2D eigenvalue weighted by atomic mass is 79.9. The zero-order chi connectivity index (χ0) is 17.3. The van der Waals surface area contributed by atoms with Gasteiger partial charge >= 0.3 is 5.97 Å². The van der Waals surface area contributed by atoms with Crippen LogP contribution in [0.3, 0.4) is 0 Å². The van der Waals surface area contributed by atoms with Gasteiger partial charge in [0.25, 0.3) is 0 Å². The van der Waals surface area contributed by atoms with Crippen molar-refractivity contribution in [3.8, 4) is 0 Å². The van der Waals surface area contributed by atoms with Gasteiger partial charge in [0.1, 0.15) is 0 Å². The minimum absolute atomic E-state index is 0.124. The van der Waals surface area contributed by atoms with E-state index in [0.717, 1.165) is 32.2 Å². The van der Waals surface area contributed by atoms with Gasteiger partial charge in [-0.05, 0) is 54.8 Å². The van der Waals surface area contributed by atoms with Crippen molar-refractivity contribution in [3.05, 3.63) is 68.8 Å². The molecule has 1 aromatic heterocycles. The molecule has 5 heteroatoms. The average Bonchev–Trinajstić information content (AvgIpc) is 2.79. The van der Waals surface area contributed by atoms with Crippen LogP contribution in [0.1, 0.15) is 23.2 Å². The predicted molar refractivity (Wildman–Crippen MR) is 101 cm³/mol. The molecule has 0 amide bonds. The molecule has 3 rings (SSSR count). The zero-order valence-corrected chi connectivity index (χ0v) is 15.6. The molecule has 2 aromatic carbocycles. The Bertz CT molecular complexity index is 900. The number of halogens is 2. The normalized spacial score (nSPS) is 11.1. The second kappa shape index (κ2) is 6.99. The van der Waals surface area contributed by atoms with E-state index in [1.807, 2.05) is 30.3 Å². The third-order valence-corrected chi connectivity index (χ3v) is 4.99. The number of carboxylic acids is 1. The van der Waals surface area contributed by atoms with E-state index in [2.05, 4.69) is 39.6 Å². The van der Waals surface area contributed by atoms with Crippen LogP contribution in [0.5, 0.6) is 0 Å². The zero-order valence-electron chi connectivity index (χ0n) is 13.2. The van der Waals surface area contributed by atoms with Crippen LogP contribution in [0.4, 0.5) is 0 Å². The Balaban J connectivity index is 2.10. The lowest BCUT2D eigenvalue weighted by Gasteiger charge is -2.11. The second-order valence-corrected chi connectivity index (χ2v) is 7.19. The molecule has 0 aliphatic rings. The lowest BCUT2D eigenvalue weighted by molar-refractivity contribution is -0.136. The van der Waals surface area contributed by atoms with Crippen LogP contribution >= 0.6 is 27.5 Å². The predicted octanol–water partition coefficient (Wildman–Crippen LogP) is 5.43. The molecular weight excluding hydrogens is 390 g/mol. The first-order valence-corrected chi connectivity index (χ1v) is 8.86. The first-order valence-electron chi connectivity index (χ1n) is 7.69. The van der Waals surface area contributed by atoms with Crippen LogP contribution in [-0.2, 0) is 17.8 Å². The van der Waals surface area contributed by atoms with Crippen LogP contribution in [-0.4, -0.2) is 15.6 Å². The standard InChI is InChI=1S/C19H17BrClNO2/c1-12-16-10-14(20)4-7-18(16)22(17(12)8-9-19(23)24)11-13-2-5-15(21)6-3-13/h2-7,10H,8-9,11H2,1H3,(H,23,24). The Hall–Kier alpha value is -1.78. The molecule has 0 bridgehead atoms. The second-order valence-electron chi connectivity index (χ2n) is 5.84. The number of fused-ring (bicyclic) bond motifs is 1. The van der Waals surface area contributed by atoms with E-state index in [-0.39, 0.29) is 6.42 Å². The van der Waals surface area contributed by atoms with Crippen molar-refractivity contribution in [2.45, 2.75) is 26.3 Å². The highest BCUT2D eigenvalue weighted by Crippen LogP contribution is 2.30. The van der Waals surface area contributed by atoms with Gasteiger partial charge in [0.15, 0.2) is 0 Å². The van der Waals surface area contributed by atoms with E-state index in [1.54, 1.807) is 0 Å². The molecule has 0 aliphatic carbocycles. The lowest BCUT2D eigenvalue weighted by atomic mass is 10.1. The van der Waals surface area contributed by atoms with Gasteiger partial charge < -0.3 is 9.67 Å². The van der Waals surface area contributed by atoms with Gasteiger partial charge in [0, 0.05) is 32.6 Å². The Kier molecular flexibility index (Phi) is 4.97. The van der Waals surface area contributed by atoms with Gasteiger partial charge in [0.05, 0.1) is 6.42 Å². The van der Waals surface area contributed by atoms with Gasteiger partial charge in [-0.15, -0.1) is 0 Å². The van der Waals surface area contributed by atoms with Crippen molar-refractivity contribution in [1.29, 1.82) is 0 Å². The van der Waals surface area contributed by atoms with Crippen molar-refractivity contribution >= 4 is 44.4 Å². The van der Waals surface area contributed by atoms with Crippen molar-refractivity contribution in [1.82, 2.24) is 4.57 Å². The fourth-order valence-electron chi connectivity index (χ4n) is 3.05. The summed E-state index contributed by atoms with van der Waals surface area (Å²) in [6.45, 7) is 2.75. The summed E-state index contributed by atoms with van der Waals surface area (Å²) in [6.07, 6.45) is 0.639. The molecule has 0 spiro atoms. The van der Waals surface area contributed by atoms with Gasteiger partial charge in [-0.25, -0.2) is 0 Å². The lowest BCUT2D eigenvalue weighted by Crippen LogP contribution is -2.07. The highest BCUT2D eigenvalue weighted by molar-refractivity contribution is 9.10. The first-order chi connectivity index (χ1) is 11.5. The number of aromatic nitrogens is 1. The topological polar surface area (TPSA) is 42.2 Å². The van der Waals surface area contributed by atoms with E-state index in [9.17, 15) is 4.79 Å². The summed E-state index contributed by atoms with van der Waals surface area (Å²) in [5.74, 6) is -0.779. The van der Waals surface area contributed by atoms with Crippen molar-refractivity contribution in [3.63, 3.8) is 0 Å². The Morgan fingerprint density at radius 3 is 2.58 bits per heavy atom. The summed E-state index contributed by atoms with van der Waals surface area (Å²) in [5, 5.41) is 10.9. The molecule has 0 saturated carbocycles. The fraction of sp³-hybridized carbons (Fsp3) is 0.211. The van der Waals surface area contributed by atoms with E-state index >= 15 is 0 Å². The van der Waals surface area contributed by atoms with Crippen LogP contribution in [0, 0.1) is 6.92 Å². The van der Waals surface area contributed by atoms with Gasteiger partial charge in [-0.2, -0.15) is 0 Å². The molecule has 0 atom stereocenters. The molecule has 0 radical (unpaired) electrons. The maximum absolute atomic E-state index is 11.0. The monoisotopic (exact) mass is 405 g/mol. The maximum Gasteiger partial charge on any atom is 0.303 e. The molecule has 0 fully saturated rings. The fourth-order valence-corrected chi connectivity index (χ4v) is 3.54. The highest BCUT2D eigenvalue weighted by Gasteiger charge is 2.15. The Morgan fingerprint density at radius 1 is 1.21 bits per heavy atom. The summed E-state index contributed by atoms with van der Waals surface area (Å²) in [6, 6.07) is 13.9. The largest absolute Gasteiger partial charge is 0.481 e. The minimum Gasteiger partial charge on any atom is -0.481 e. The third kappa shape index (κ3) is 3.50. The molecule has 1 heterocycles. The van der Waals surface area contributed by atoms with Crippen LogP contribution < -0.4 is 0 Å². The smallest absolute Gasteiger partial charge is 0.303 e. The Morgan fingerprint density at radius 2 is 1.92 bits per heavy atom. The number of nitrogens with zero attached hydrogens (tertiary/aromatic N) is 1. The van der Waals surface area contributed by atoms with E-state index in [4.69, 9.17) is 16.7 Å². The SMILES string of the molecule is Cc1c(CCC(=O)O)n(Cc2ccc(Cl)cc2)c2ccc(Br)cc12. The number of aliphatic carboxylic acids is 1. The summed E-state index contributed by atoms with van der Waals surface area (Å²) in [5.41, 5.74) is 4.46. The molecule has 124 valence electrons. The number of hydrogen-bond acceptors (Lipinski definition) is 1. The van der Waals surface area contributed by atoms with Gasteiger partial charge in [-0.3, -0.25) is 4.79 Å². The first kappa shape index (κ1) is 17.1. The number of carboxylic acid groups (broad SMARTS) is 1. The van der Waals surface area contributed by atoms with Crippen molar-refractivity contribution in [2.24, 2.45) is 0 Å². The minimum atomic E-state index is -0.779. The number of aryl methyl sites for hydroxylation is 1. The summed E-state index contributed by atoms with van der Waals surface area (Å²) < 4.78 is 3.23. The average molecular weight is 407 g/mol. The third-order valence-electron chi connectivity index (χ3n) is 4.24. The number of hydrogen-bond donors (Lipinski definition) is 1. The quantitative estimate of drug-likeness (QED) is 0.614. The van der Waals surface area contributed by atoms with Gasteiger partial charge in [-0.1, -0.05) is 39.7 Å². The van der Waals surface area contributed by atoms with E-state index < -0.39 is 5.97 Å². The molecule has 1 N–H and O–H groups in total. The molecule has 3 aromatic rings. The molecule has 24 heavy (non-hydrogen) atoms. The number of rotatable bonds is 5. The molecule has 3 nitrogen and oxygen atoms in total. The van der Waals surface area contributed by atoms with Gasteiger partial charge in [0.2, 0.25) is 0 Å². The van der Waals surface area contributed by atoms with E-state index in [0.29, 0.717) is 18.0 Å². The van der Waals surface area contributed by atoms with Crippen molar-refractivity contribution < 1.29 is 9.90 Å². The van der Waals surface area contributed by atoms with Crippen LogP contribution in [0.25, 0.3) is 10.9 Å². The van der Waals surface area contributed by atoms with E-state index in [1.165, 1.54) is 0 Å². The molecular formula is C19H17BrClNO2. The molecule has 0 saturated heterocycles. The molecule has 0 aliphatic heterocycles. The van der Waals surface area contributed by atoms with Crippen molar-refractivity contribution in [2.75, 3.05) is 0 Å². The van der Waals surface area contributed by atoms with Crippen LogP contribution in [0.15, 0.2) is 46.9 Å². The summed E-state index contributed by atoms with van der Waals surface area (Å²) in [7, 11) is 0. The molecule has 0 unspecified atom stereocenters. The summed E-state index contributed by atoms with van der Waals surface area (Å²) >= 11 is 9.49. The summed E-state index contributed by atoms with van der Waals surface area (Å²) in [4.78, 5) is 11.0. The maximum atomic E-state index is 11.0. The number of benzene rings is 2.